The Labute approximate surface area is 90.2 Å². The van der Waals surface area contributed by atoms with Gasteiger partial charge in [0.05, 0.1) is 11.5 Å². The molecule has 0 aliphatic heterocycles. The van der Waals surface area contributed by atoms with Crippen molar-refractivity contribution in [1.82, 2.24) is 0 Å². The summed E-state index contributed by atoms with van der Waals surface area (Å²) in [7, 11) is 0. The van der Waals surface area contributed by atoms with Gasteiger partial charge in [-0.1, -0.05) is 18.2 Å². The van der Waals surface area contributed by atoms with Gasteiger partial charge in [0.15, 0.2) is 0 Å². The van der Waals surface area contributed by atoms with Crippen molar-refractivity contribution in [1.29, 1.82) is 5.26 Å². The van der Waals surface area contributed by atoms with E-state index < -0.39 is 5.41 Å². The molecule has 15 heavy (non-hydrogen) atoms. The summed E-state index contributed by atoms with van der Waals surface area (Å²) in [4.78, 5) is 0. The van der Waals surface area contributed by atoms with Crippen LogP contribution in [0, 0.1) is 31.1 Å². The molecule has 1 fully saturated rings. The Morgan fingerprint density at radius 1 is 1.47 bits per heavy atom. The van der Waals surface area contributed by atoms with Crippen LogP contribution in [0.4, 0.5) is 0 Å². The minimum atomic E-state index is -0.410. The van der Waals surface area contributed by atoms with Crippen LogP contribution in [0.25, 0.3) is 0 Å². The number of nitriles is 1. The number of aliphatic hydroxyl groups is 1. The number of aryl methyl sites for hydroxylation is 2. The smallest absolute Gasteiger partial charge is 0.0877 e. The van der Waals surface area contributed by atoms with Gasteiger partial charge in [0.2, 0.25) is 0 Å². The largest absolute Gasteiger partial charge is 0.396 e. The van der Waals surface area contributed by atoms with Crippen LogP contribution in [-0.2, 0) is 5.41 Å². The van der Waals surface area contributed by atoms with Crippen molar-refractivity contribution >= 4 is 0 Å². The lowest BCUT2D eigenvalue weighted by molar-refractivity contribution is 0.269. The molecule has 2 heteroatoms. The Balaban J connectivity index is 2.39. The van der Waals surface area contributed by atoms with Crippen LogP contribution in [0.15, 0.2) is 18.2 Å². The fourth-order valence-corrected chi connectivity index (χ4v) is 2.12. The lowest BCUT2D eigenvalue weighted by atomic mass is 9.92. The third kappa shape index (κ3) is 1.44. The van der Waals surface area contributed by atoms with Crippen LogP contribution in [0.5, 0.6) is 0 Å². The Bertz CT molecular complexity index is 433. The van der Waals surface area contributed by atoms with E-state index in [0.717, 1.165) is 12.0 Å². The summed E-state index contributed by atoms with van der Waals surface area (Å²) in [5.74, 6) is 0.129. The van der Waals surface area contributed by atoms with Gasteiger partial charge >= 0.3 is 0 Å². The lowest BCUT2D eigenvalue weighted by Crippen LogP contribution is -2.09. The molecule has 78 valence electrons. The maximum atomic E-state index is 9.21. The van der Waals surface area contributed by atoms with E-state index in [2.05, 4.69) is 32.0 Å². The van der Waals surface area contributed by atoms with Crippen LogP contribution < -0.4 is 0 Å². The van der Waals surface area contributed by atoms with Gasteiger partial charge in [-0.05, 0) is 37.0 Å². The third-order valence-corrected chi connectivity index (χ3v) is 3.55. The summed E-state index contributed by atoms with van der Waals surface area (Å²) in [6.45, 7) is 4.23. The number of benzene rings is 1. The first kappa shape index (κ1) is 10.2. The van der Waals surface area contributed by atoms with Crippen LogP contribution in [0.1, 0.15) is 23.1 Å². The molecular weight excluding hydrogens is 186 g/mol. The van der Waals surface area contributed by atoms with Gasteiger partial charge in [-0.3, -0.25) is 0 Å². The fourth-order valence-electron chi connectivity index (χ4n) is 2.12. The van der Waals surface area contributed by atoms with E-state index in [1.807, 2.05) is 6.07 Å². The molecule has 0 amide bonds. The molecule has 1 N–H and O–H groups in total. The number of hydrogen-bond acceptors (Lipinski definition) is 2. The van der Waals surface area contributed by atoms with Crippen LogP contribution >= 0.6 is 0 Å². The highest BCUT2D eigenvalue weighted by Gasteiger charge is 2.55. The summed E-state index contributed by atoms with van der Waals surface area (Å²) in [5.41, 5.74) is 3.11. The van der Waals surface area contributed by atoms with E-state index in [1.165, 1.54) is 11.1 Å². The van der Waals surface area contributed by atoms with E-state index >= 15 is 0 Å². The highest BCUT2D eigenvalue weighted by molar-refractivity contribution is 5.44. The van der Waals surface area contributed by atoms with Crippen molar-refractivity contribution in [2.75, 3.05) is 6.61 Å². The molecule has 0 bridgehead atoms. The van der Waals surface area contributed by atoms with E-state index in [9.17, 15) is 5.26 Å². The van der Waals surface area contributed by atoms with Crippen molar-refractivity contribution in [2.45, 2.75) is 25.7 Å². The first-order chi connectivity index (χ1) is 7.14. The topological polar surface area (TPSA) is 44.0 Å². The molecule has 1 aliphatic carbocycles. The molecule has 2 nitrogen and oxygen atoms in total. The average Bonchev–Trinajstić information content (AvgIpc) is 2.97. The summed E-state index contributed by atoms with van der Waals surface area (Å²) in [5, 5.41) is 18.3. The third-order valence-electron chi connectivity index (χ3n) is 3.55. The molecule has 1 saturated carbocycles. The monoisotopic (exact) mass is 201 g/mol. The Morgan fingerprint density at radius 3 is 2.67 bits per heavy atom. The van der Waals surface area contributed by atoms with E-state index in [4.69, 9.17) is 5.11 Å². The molecule has 2 rings (SSSR count). The normalized spacial score (nSPS) is 28.5. The van der Waals surface area contributed by atoms with Crippen molar-refractivity contribution in [2.24, 2.45) is 5.92 Å². The average molecular weight is 201 g/mol. The molecule has 0 aromatic heterocycles. The molecule has 0 saturated heterocycles. The SMILES string of the molecule is Cc1ccc(C2(C#N)CC2CO)cc1C. The number of aliphatic hydroxyl groups excluding tert-OH is 1. The van der Waals surface area contributed by atoms with Gasteiger partial charge in [0.1, 0.15) is 0 Å². The van der Waals surface area contributed by atoms with Crippen molar-refractivity contribution in [3.05, 3.63) is 34.9 Å². The van der Waals surface area contributed by atoms with Gasteiger partial charge < -0.3 is 5.11 Å². The predicted molar refractivity (Wildman–Crippen MR) is 58.4 cm³/mol. The molecule has 0 spiro atoms. The van der Waals surface area contributed by atoms with E-state index in [-0.39, 0.29) is 12.5 Å². The number of rotatable bonds is 2. The van der Waals surface area contributed by atoms with Crippen LogP contribution in [0.3, 0.4) is 0 Å². The summed E-state index contributed by atoms with van der Waals surface area (Å²) < 4.78 is 0. The van der Waals surface area contributed by atoms with Gasteiger partial charge in [0.25, 0.3) is 0 Å². The highest BCUT2D eigenvalue weighted by atomic mass is 16.3. The van der Waals surface area contributed by atoms with Gasteiger partial charge in [-0.2, -0.15) is 5.26 Å². The van der Waals surface area contributed by atoms with Crippen LogP contribution in [-0.4, -0.2) is 11.7 Å². The Hall–Kier alpha value is -1.33. The first-order valence-corrected chi connectivity index (χ1v) is 5.24. The predicted octanol–water partition coefficient (Wildman–Crippen LogP) is 2.08. The van der Waals surface area contributed by atoms with Gasteiger partial charge in [0, 0.05) is 12.5 Å². The second kappa shape index (κ2) is 3.36. The zero-order chi connectivity index (χ0) is 11.1. The molecule has 2 unspecified atom stereocenters. The van der Waals surface area contributed by atoms with Crippen molar-refractivity contribution < 1.29 is 5.11 Å². The second-order valence-electron chi connectivity index (χ2n) is 4.47. The molecule has 1 aromatic rings. The molecular formula is C13H15NO. The minimum Gasteiger partial charge on any atom is -0.396 e. The summed E-state index contributed by atoms with van der Waals surface area (Å²) >= 11 is 0. The lowest BCUT2D eigenvalue weighted by Gasteiger charge is -2.10. The molecule has 1 aromatic carbocycles. The van der Waals surface area contributed by atoms with E-state index in [1.54, 1.807) is 0 Å². The van der Waals surface area contributed by atoms with Gasteiger partial charge in [-0.15, -0.1) is 0 Å². The van der Waals surface area contributed by atoms with Crippen molar-refractivity contribution in [3.8, 4) is 6.07 Å². The van der Waals surface area contributed by atoms with Gasteiger partial charge in [-0.25, -0.2) is 0 Å². The fraction of sp³-hybridized carbons (Fsp3) is 0.462. The minimum absolute atomic E-state index is 0.112. The zero-order valence-electron chi connectivity index (χ0n) is 9.12. The maximum absolute atomic E-state index is 9.21. The quantitative estimate of drug-likeness (QED) is 0.796. The molecule has 0 heterocycles. The number of nitrogens with zero attached hydrogens (tertiary/aromatic N) is 1. The zero-order valence-corrected chi connectivity index (χ0v) is 9.12. The second-order valence-corrected chi connectivity index (χ2v) is 4.47. The molecule has 2 atom stereocenters. The number of hydrogen-bond donors (Lipinski definition) is 1. The van der Waals surface area contributed by atoms with E-state index in [0.29, 0.717) is 0 Å². The standard InChI is InChI=1S/C13H15NO/c1-9-3-4-11(5-10(9)2)13(8-14)6-12(13)7-15/h3-5,12,15H,6-7H2,1-2H3. The maximum Gasteiger partial charge on any atom is 0.0877 e. The first-order valence-electron chi connectivity index (χ1n) is 5.24. The molecule has 1 aliphatic rings. The summed E-state index contributed by atoms with van der Waals surface area (Å²) in [6, 6.07) is 8.50. The summed E-state index contributed by atoms with van der Waals surface area (Å²) in [6.07, 6.45) is 0.794. The van der Waals surface area contributed by atoms with Crippen molar-refractivity contribution in [3.63, 3.8) is 0 Å². The Morgan fingerprint density at radius 2 is 2.20 bits per heavy atom. The Kier molecular flexibility index (Phi) is 2.28. The molecule has 0 radical (unpaired) electrons. The van der Waals surface area contributed by atoms with Crippen LogP contribution in [0.2, 0.25) is 0 Å². The highest BCUT2D eigenvalue weighted by Crippen LogP contribution is 2.53.